The van der Waals surface area contributed by atoms with Crippen LogP contribution < -0.4 is 5.32 Å². The van der Waals surface area contributed by atoms with Gasteiger partial charge in [-0.1, -0.05) is 251 Å². The molecule has 0 spiro atoms. The molecule has 53 heavy (non-hydrogen) atoms. The van der Waals surface area contributed by atoms with Crippen LogP contribution in [0, 0.1) is 0 Å². The molecule has 0 bridgehead atoms. The Bertz CT molecular complexity index is 721. The molecule has 1 amide bonds. The van der Waals surface area contributed by atoms with Gasteiger partial charge < -0.3 is 25.7 Å². The monoisotopic (exact) mass is 754 g/mol. The zero-order valence-corrected chi connectivity index (χ0v) is 35.8. The van der Waals surface area contributed by atoms with E-state index in [1.54, 1.807) is 0 Å². The molecule has 0 aromatic carbocycles. The van der Waals surface area contributed by atoms with Crippen molar-refractivity contribution in [1.29, 1.82) is 0 Å². The fourth-order valence-electron chi connectivity index (χ4n) is 7.76. The van der Waals surface area contributed by atoms with Crippen LogP contribution in [0.1, 0.15) is 264 Å². The Morgan fingerprint density at radius 3 is 0.906 bits per heavy atom. The Kier molecular flexibility index (Phi) is 41.9. The van der Waals surface area contributed by atoms with Gasteiger partial charge in [0.2, 0.25) is 5.91 Å². The average Bonchev–Trinajstić information content (AvgIpc) is 3.16. The van der Waals surface area contributed by atoms with E-state index < -0.39 is 36.9 Å². The maximum absolute atomic E-state index is 12.5. The van der Waals surface area contributed by atoms with Gasteiger partial charge in [0, 0.05) is 0 Å². The summed E-state index contributed by atoms with van der Waals surface area (Å²) >= 11 is 0. The van der Waals surface area contributed by atoms with Gasteiger partial charge in [-0.05, 0) is 12.8 Å². The second-order valence-electron chi connectivity index (χ2n) is 16.8. The third-order valence-electron chi connectivity index (χ3n) is 11.6. The third kappa shape index (κ3) is 36.7. The van der Waals surface area contributed by atoms with E-state index in [1.807, 2.05) is 0 Å². The molecule has 0 aromatic heterocycles. The normalized spacial score (nSPS) is 14.0. The average molecular weight is 754 g/mol. The predicted octanol–water partition coefficient (Wildman–Crippen LogP) is 12.8. The highest BCUT2D eigenvalue weighted by Crippen LogP contribution is 2.18. The van der Waals surface area contributed by atoms with E-state index in [4.69, 9.17) is 0 Å². The van der Waals surface area contributed by atoms with Crippen LogP contribution in [0.2, 0.25) is 0 Å². The lowest BCUT2D eigenvalue weighted by molar-refractivity contribution is -0.132. The molecule has 0 aliphatic carbocycles. The van der Waals surface area contributed by atoms with E-state index in [-0.39, 0.29) is 0 Å². The van der Waals surface area contributed by atoms with Crippen molar-refractivity contribution >= 4 is 5.91 Å². The molecule has 0 saturated carbocycles. The minimum Gasteiger partial charge on any atom is -0.394 e. The number of nitrogens with one attached hydrogen (secondary N) is 1. The zero-order valence-electron chi connectivity index (χ0n) is 35.8. The molecule has 5 N–H and O–H groups in total. The molecule has 0 aliphatic rings. The minimum absolute atomic E-state index is 0.375. The summed E-state index contributed by atoms with van der Waals surface area (Å²) < 4.78 is 0. The van der Waals surface area contributed by atoms with Crippen molar-refractivity contribution in [2.75, 3.05) is 6.61 Å². The molecule has 0 aromatic rings. The number of unbranched alkanes of at least 4 members (excludes halogenated alkanes) is 35. The lowest BCUT2D eigenvalue weighted by Crippen LogP contribution is -2.53. The molecule has 4 atom stereocenters. The molecule has 0 rings (SSSR count). The summed E-state index contributed by atoms with van der Waals surface area (Å²) in [5.74, 6) is -0.582. The molecule has 318 valence electrons. The van der Waals surface area contributed by atoms with Crippen molar-refractivity contribution in [2.24, 2.45) is 0 Å². The quantitative estimate of drug-likeness (QED) is 0.0398. The van der Waals surface area contributed by atoms with Crippen LogP contribution in [-0.2, 0) is 4.79 Å². The Balaban J connectivity index is 3.47. The van der Waals surface area contributed by atoms with Crippen LogP contribution >= 0.6 is 0 Å². The Hall–Kier alpha value is -0.690. The number of amides is 1. The van der Waals surface area contributed by atoms with E-state index in [1.165, 1.54) is 199 Å². The minimum atomic E-state index is -1.25. The fourth-order valence-corrected chi connectivity index (χ4v) is 7.76. The highest BCUT2D eigenvalue weighted by atomic mass is 16.3. The highest BCUT2D eigenvalue weighted by molar-refractivity contribution is 5.80. The molecular formula is C47H95NO5. The molecule has 0 fully saturated rings. The Labute approximate surface area is 330 Å². The van der Waals surface area contributed by atoms with Crippen LogP contribution in [0.4, 0.5) is 0 Å². The highest BCUT2D eigenvalue weighted by Gasteiger charge is 2.28. The fraction of sp³-hybridized carbons (Fsp3) is 0.979. The van der Waals surface area contributed by atoms with E-state index in [0.717, 1.165) is 38.5 Å². The van der Waals surface area contributed by atoms with Crippen molar-refractivity contribution < 1.29 is 25.2 Å². The standard InChI is InChI=1S/C47H95NO5/c1-3-5-7-9-11-12-13-14-15-16-17-18-19-20-21-22-23-24-25-26-27-28-29-30-31-32-33-35-37-39-41-45(51)47(53)48-43(42-49)46(52)44(50)40-38-36-34-10-8-6-4-2/h43-46,49-52H,3-42H2,1-2H3,(H,48,53). The summed E-state index contributed by atoms with van der Waals surface area (Å²) in [6.45, 7) is 4.01. The first-order chi connectivity index (χ1) is 26.0. The maximum Gasteiger partial charge on any atom is 0.249 e. The number of carbonyl (C=O) groups is 1. The summed E-state index contributed by atoms with van der Waals surface area (Å²) in [5.41, 5.74) is 0. The lowest BCUT2D eigenvalue weighted by atomic mass is 9.99. The van der Waals surface area contributed by atoms with Gasteiger partial charge in [0.1, 0.15) is 12.2 Å². The molecule has 6 heteroatoms. The van der Waals surface area contributed by atoms with Crippen molar-refractivity contribution in [3.63, 3.8) is 0 Å². The lowest BCUT2D eigenvalue weighted by Gasteiger charge is -2.27. The van der Waals surface area contributed by atoms with E-state index in [0.29, 0.717) is 12.8 Å². The maximum atomic E-state index is 12.5. The summed E-state index contributed by atoms with van der Waals surface area (Å²) in [7, 11) is 0. The summed E-state index contributed by atoms with van der Waals surface area (Å²) in [4.78, 5) is 12.5. The molecule has 0 saturated heterocycles. The molecule has 0 aliphatic heterocycles. The SMILES string of the molecule is CCCCCCCCCCCCCCCCCCCCCCCCCCCCCCCCC(O)C(=O)NC(CO)C(O)C(O)CCCCCCCCC. The number of rotatable bonds is 44. The van der Waals surface area contributed by atoms with Crippen molar-refractivity contribution in [3.8, 4) is 0 Å². The number of aliphatic hydroxyl groups is 4. The molecule has 4 unspecified atom stereocenters. The summed E-state index contributed by atoms with van der Waals surface area (Å²) in [6, 6.07) is -0.977. The topological polar surface area (TPSA) is 110 Å². The first-order valence-corrected chi connectivity index (χ1v) is 23.9. The second-order valence-corrected chi connectivity index (χ2v) is 16.8. The van der Waals surface area contributed by atoms with Gasteiger partial charge in [-0.15, -0.1) is 0 Å². The molecule has 0 heterocycles. The van der Waals surface area contributed by atoms with E-state index in [2.05, 4.69) is 19.2 Å². The third-order valence-corrected chi connectivity index (χ3v) is 11.6. The van der Waals surface area contributed by atoms with Crippen LogP contribution in [0.15, 0.2) is 0 Å². The second kappa shape index (κ2) is 42.5. The van der Waals surface area contributed by atoms with Gasteiger partial charge in [-0.2, -0.15) is 0 Å². The number of aliphatic hydroxyl groups excluding tert-OH is 4. The van der Waals surface area contributed by atoms with E-state index >= 15 is 0 Å². The van der Waals surface area contributed by atoms with Crippen LogP contribution in [0.25, 0.3) is 0 Å². The first-order valence-electron chi connectivity index (χ1n) is 23.9. The summed E-state index contributed by atoms with van der Waals surface area (Å²) in [5, 5.41) is 43.4. The largest absolute Gasteiger partial charge is 0.394 e. The number of carbonyl (C=O) groups excluding carboxylic acids is 1. The Morgan fingerprint density at radius 1 is 0.396 bits per heavy atom. The van der Waals surface area contributed by atoms with Crippen LogP contribution in [-0.4, -0.2) is 57.3 Å². The van der Waals surface area contributed by atoms with Gasteiger partial charge in [0.25, 0.3) is 0 Å². The first kappa shape index (κ1) is 52.3. The Morgan fingerprint density at radius 2 is 0.642 bits per heavy atom. The van der Waals surface area contributed by atoms with Crippen molar-refractivity contribution in [1.82, 2.24) is 5.32 Å². The van der Waals surface area contributed by atoms with Gasteiger partial charge >= 0.3 is 0 Å². The van der Waals surface area contributed by atoms with Gasteiger partial charge in [0.15, 0.2) is 0 Å². The molecule has 6 nitrogen and oxygen atoms in total. The van der Waals surface area contributed by atoms with Crippen molar-refractivity contribution in [3.05, 3.63) is 0 Å². The van der Waals surface area contributed by atoms with Crippen molar-refractivity contribution in [2.45, 2.75) is 289 Å². The van der Waals surface area contributed by atoms with Gasteiger partial charge in [0.05, 0.1) is 18.8 Å². The van der Waals surface area contributed by atoms with Crippen LogP contribution in [0.5, 0.6) is 0 Å². The number of hydrogen-bond donors (Lipinski definition) is 5. The van der Waals surface area contributed by atoms with Gasteiger partial charge in [-0.3, -0.25) is 4.79 Å². The zero-order chi connectivity index (χ0) is 38.9. The van der Waals surface area contributed by atoms with E-state index in [9.17, 15) is 25.2 Å². The number of hydrogen-bond acceptors (Lipinski definition) is 5. The molecule has 0 radical (unpaired) electrons. The molecular weight excluding hydrogens is 659 g/mol. The van der Waals surface area contributed by atoms with Gasteiger partial charge in [-0.25, -0.2) is 0 Å². The summed E-state index contributed by atoms with van der Waals surface area (Å²) in [6.07, 6.45) is 46.2. The predicted molar refractivity (Wildman–Crippen MR) is 228 cm³/mol. The van der Waals surface area contributed by atoms with Crippen LogP contribution in [0.3, 0.4) is 0 Å². The smallest absolute Gasteiger partial charge is 0.249 e.